The average Bonchev–Trinajstić information content (AvgIpc) is 3.32. The second-order valence-corrected chi connectivity index (χ2v) is 6.14. The largest absolute Gasteiger partial charge is 0.331 e. The summed E-state index contributed by atoms with van der Waals surface area (Å²) in [6.07, 6.45) is 1.92. The van der Waals surface area contributed by atoms with Gasteiger partial charge in [-0.1, -0.05) is 35.4 Å². The molecule has 1 amide bonds. The maximum atomic E-state index is 14.0. The lowest BCUT2D eigenvalue weighted by atomic mass is 10.1. The number of benzene rings is 2. The maximum Gasteiger partial charge on any atom is 0.254 e. The molecule has 4 heteroatoms. The summed E-state index contributed by atoms with van der Waals surface area (Å²) in [6, 6.07) is 12.2. The second kappa shape index (κ2) is 6.09. The van der Waals surface area contributed by atoms with E-state index in [1.165, 1.54) is 6.07 Å². The van der Waals surface area contributed by atoms with Crippen LogP contribution in [0.5, 0.6) is 0 Å². The van der Waals surface area contributed by atoms with Crippen LogP contribution in [0.1, 0.15) is 34.3 Å². The Kier molecular flexibility index (Phi) is 4.16. The van der Waals surface area contributed by atoms with Crippen molar-refractivity contribution in [3.8, 4) is 0 Å². The van der Waals surface area contributed by atoms with Crippen molar-refractivity contribution in [2.75, 3.05) is 0 Å². The molecule has 0 heterocycles. The summed E-state index contributed by atoms with van der Waals surface area (Å²) in [6.45, 7) is 2.19. The molecular weight excluding hydrogens is 301 g/mol. The van der Waals surface area contributed by atoms with E-state index in [0.717, 1.165) is 18.4 Å². The van der Waals surface area contributed by atoms with Gasteiger partial charge in [-0.05, 0) is 44.0 Å². The third-order valence-electron chi connectivity index (χ3n) is 3.94. The van der Waals surface area contributed by atoms with E-state index < -0.39 is 0 Å². The lowest BCUT2D eigenvalue weighted by Gasteiger charge is -2.23. The summed E-state index contributed by atoms with van der Waals surface area (Å²) in [5.41, 5.74) is 2.12. The maximum absolute atomic E-state index is 14.0. The summed E-state index contributed by atoms with van der Waals surface area (Å²) in [5.74, 6) is -0.434. The van der Waals surface area contributed by atoms with Gasteiger partial charge < -0.3 is 4.90 Å². The van der Waals surface area contributed by atoms with Crippen LogP contribution < -0.4 is 0 Å². The van der Waals surface area contributed by atoms with Gasteiger partial charge in [-0.25, -0.2) is 4.39 Å². The summed E-state index contributed by atoms with van der Waals surface area (Å²) in [5, 5.41) is 0.363. The first-order valence-electron chi connectivity index (χ1n) is 7.37. The van der Waals surface area contributed by atoms with Gasteiger partial charge in [-0.15, -0.1) is 0 Å². The summed E-state index contributed by atoms with van der Waals surface area (Å²) in [4.78, 5) is 14.5. The zero-order chi connectivity index (χ0) is 15.7. The van der Waals surface area contributed by atoms with Crippen LogP contribution in [0.4, 0.5) is 4.39 Å². The molecule has 0 unspecified atom stereocenters. The standard InChI is InChI=1S/C18H17ClFNO/c1-12-5-7-13(8-6-12)18(22)21(14-9-10-14)11-15-16(19)3-2-4-17(15)20/h2-8,14H,9-11H2,1H3. The minimum Gasteiger partial charge on any atom is -0.331 e. The van der Waals surface area contributed by atoms with Crippen molar-refractivity contribution >= 4 is 17.5 Å². The molecule has 0 bridgehead atoms. The number of amides is 1. The van der Waals surface area contributed by atoms with Gasteiger partial charge in [0, 0.05) is 22.2 Å². The van der Waals surface area contributed by atoms with Crippen LogP contribution in [-0.4, -0.2) is 16.8 Å². The van der Waals surface area contributed by atoms with Crippen molar-refractivity contribution in [3.05, 3.63) is 70.0 Å². The van der Waals surface area contributed by atoms with E-state index in [-0.39, 0.29) is 24.3 Å². The Hall–Kier alpha value is -1.87. The molecule has 1 fully saturated rings. The van der Waals surface area contributed by atoms with Gasteiger partial charge in [0.15, 0.2) is 0 Å². The highest BCUT2D eigenvalue weighted by molar-refractivity contribution is 6.31. The number of nitrogens with zero attached hydrogens (tertiary/aromatic N) is 1. The minimum atomic E-state index is -0.366. The van der Waals surface area contributed by atoms with E-state index in [1.54, 1.807) is 17.0 Å². The molecule has 2 aromatic carbocycles. The number of carbonyl (C=O) groups excluding carboxylic acids is 1. The fraction of sp³-hybridized carbons (Fsp3) is 0.278. The third-order valence-corrected chi connectivity index (χ3v) is 4.29. The minimum absolute atomic E-state index is 0.0678. The first-order chi connectivity index (χ1) is 10.6. The van der Waals surface area contributed by atoms with E-state index in [0.29, 0.717) is 16.1 Å². The van der Waals surface area contributed by atoms with Crippen molar-refractivity contribution in [1.29, 1.82) is 0 Å². The molecule has 2 nitrogen and oxygen atoms in total. The second-order valence-electron chi connectivity index (χ2n) is 5.73. The van der Waals surface area contributed by atoms with E-state index in [4.69, 9.17) is 11.6 Å². The molecule has 0 saturated heterocycles. The fourth-order valence-corrected chi connectivity index (χ4v) is 2.69. The van der Waals surface area contributed by atoms with Gasteiger partial charge in [0.05, 0.1) is 6.54 Å². The molecule has 1 aliphatic carbocycles. The normalized spacial score (nSPS) is 14.0. The molecule has 0 aromatic heterocycles. The average molecular weight is 318 g/mol. The van der Waals surface area contributed by atoms with Crippen molar-refractivity contribution in [3.63, 3.8) is 0 Å². The summed E-state index contributed by atoms with van der Waals surface area (Å²) in [7, 11) is 0. The molecule has 1 aliphatic rings. The van der Waals surface area contributed by atoms with Crippen LogP contribution in [0.15, 0.2) is 42.5 Å². The first-order valence-corrected chi connectivity index (χ1v) is 7.74. The highest BCUT2D eigenvalue weighted by Gasteiger charge is 2.33. The molecule has 0 aliphatic heterocycles. The molecule has 22 heavy (non-hydrogen) atoms. The topological polar surface area (TPSA) is 20.3 Å². The summed E-state index contributed by atoms with van der Waals surface area (Å²) >= 11 is 6.09. The third kappa shape index (κ3) is 3.14. The van der Waals surface area contributed by atoms with Crippen LogP contribution >= 0.6 is 11.6 Å². The lowest BCUT2D eigenvalue weighted by Crippen LogP contribution is -2.33. The number of halogens is 2. The molecule has 0 spiro atoms. The van der Waals surface area contributed by atoms with Crippen LogP contribution in [0.25, 0.3) is 0 Å². The monoisotopic (exact) mass is 317 g/mol. The molecule has 114 valence electrons. The zero-order valence-corrected chi connectivity index (χ0v) is 13.1. The number of hydrogen-bond donors (Lipinski definition) is 0. The zero-order valence-electron chi connectivity index (χ0n) is 12.4. The SMILES string of the molecule is Cc1ccc(C(=O)N(Cc2c(F)cccc2Cl)C2CC2)cc1. The number of rotatable bonds is 4. The quantitative estimate of drug-likeness (QED) is 0.807. The van der Waals surface area contributed by atoms with Crippen molar-refractivity contribution in [1.82, 2.24) is 4.90 Å². The van der Waals surface area contributed by atoms with Crippen molar-refractivity contribution < 1.29 is 9.18 Å². The Labute approximate surface area is 134 Å². The molecule has 0 N–H and O–H groups in total. The number of aryl methyl sites for hydroxylation is 1. The molecule has 0 radical (unpaired) electrons. The Morgan fingerprint density at radius 3 is 2.50 bits per heavy atom. The Morgan fingerprint density at radius 1 is 1.23 bits per heavy atom. The van der Waals surface area contributed by atoms with Gasteiger partial charge in [0.2, 0.25) is 0 Å². The molecule has 3 rings (SSSR count). The van der Waals surface area contributed by atoms with Crippen molar-refractivity contribution in [2.45, 2.75) is 32.4 Å². The van der Waals surface area contributed by atoms with Gasteiger partial charge in [-0.2, -0.15) is 0 Å². The van der Waals surface area contributed by atoms with Crippen LogP contribution in [0.2, 0.25) is 5.02 Å². The van der Waals surface area contributed by atoms with Gasteiger partial charge in [-0.3, -0.25) is 4.79 Å². The molecule has 1 saturated carbocycles. The predicted octanol–water partition coefficient (Wildman–Crippen LogP) is 4.59. The van der Waals surface area contributed by atoms with Gasteiger partial charge in [0.1, 0.15) is 5.82 Å². The van der Waals surface area contributed by atoms with Crippen molar-refractivity contribution in [2.24, 2.45) is 0 Å². The number of hydrogen-bond acceptors (Lipinski definition) is 1. The smallest absolute Gasteiger partial charge is 0.254 e. The van der Waals surface area contributed by atoms with Crippen LogP contribution in [0, 0.1) is 12.7 Å². The molecule has 0 atom stereocenters. The Balaban J connectivity index is 1.87. The first kappa shape index (κ1) is 15.0. The highest BCUT2D eigenvalue weighted by atomic mass is 35.5. The van der Waals surface area contributed by atoms with Crippen LogP contribution in [0.3, 0.4) is 0 Å². The van der Waals surface area contributed by atoms with E-state index in [1.807, 2.05) is 31.2 Å². The highest BCUT2D eigenvalue weighted by Crippen LogP contribution is 2.32. The van der Waals surface area contributed by atoms with E-state index in [9.17, 15) is 9.18 Å². The summed E-state index contributed by atoms with van der Waals surface area (Å²) < 4.78 is 14.0. The fourth-order valence-electron chi connectivity index (χ4n) is 2.47. The van der Waals surface area contributed by atoms with Gasteiger partial charge in [0.25, 0.3) is 5.91 Å². The Morgan fingerprint density at radius 2 is 1.91 bits per heavy atom. The molecular formula is C18H17ClFNO. The lowest BCUT2D eigenvalue weighted by molar-refractivity contribution is 0.0728. The van der Waals surface area contributed by atoms with E-state index >= 15 is 0 Å². The van der Waals surface area contributed by atoms with Gasteiger partial charge >= 0.3 is 0 Å². The predicted molar refractivity (Wildman–Crippen MR) is 85.5 cm³/mol. The Bertz CT molecular complexity index is 674. The molecule has 2 aromatic rings. The van der Waals surface area contributed by atoms with Crippen LogP contribution in [-0.2, 0) is 6.54 Å². The number of carbonyl (C=O) groups is 1. The van der Waals surface area contributed by atoms with E-state index in [2.05, 4.69) is 0 Å².